The van der Waals surface area contributed by atoms with Crippen LogP contribution in [0.4, 0.5) is 0 Å². The minimum Gasteiger partial charge on any atom is -0.308 e. The average molecular weight is 183 g/mol. The van der Waals surface area contributed by atoms with Gasteiger partial charge in [0.25, 0.3) is 0 Å². The highest BCUT2D eigenvalue weighted by Gasteiger charge is 2.41. The van der Waals surface area contributed by atoms with Crippen LogP contribution >= 0.6 is 11.9 Å². The number of allylic oxidation sites excluding steroid dienone is 1. The zero-order valence-electron chi connectivity index (χ0n) is 7.24. The van der Waals surface area contributed by atoms with Crippen molar-refractivity contribution >= 4 is 23.9 Å². The zero-order valence-corrected chi connectivity index (χ0v) is 8.06. The lowest BCUT2D eigenvalue weighted by Crippen LogP contribution is -1.86. The van der Waals surface area contributed by atoms with Gasteiger partial charge < -0.3 is 5.41 Å². The first-order valence-electron chi connectivity index (χ1n) is 3.81. The molecule has 1 saturated carbocycles. The first-order valence-corrected chi connectivity index (χ1v) is 4.75. The van der Waals surface area contributed by atoms with Crippen molar-refractivity contribution in [1.82, 2.24) is 0 Å². The molecule has 0 aromatic heterocycles. The molecular weight excluding hydrogens is 170 g/mol. The minimum atomic E-state index is 0.403. The first kappa shape index (κ1) is 9.48. The Hall–Kier alpha value is -0.610. The Labute approximate surface area is 76.8 Å². The summed E-state index contributed by atoms with van der Waals surface area (Å²) in [5.74, 6) is 0.509. The van der Waals surface area contributed by atoms with Gasteiger partial charge in [0.05, 0.1) is 5.25 Å². The maximum atomic E-state index is 6.93. The van der Waals surface area contributed by atoms with Crippen molar-refractivity contribution in [2.24, 2.45) is 16.0 Å². The molecule has 0 radical (unpaired) electrons. The maximum Gasteiger partial charge on any atom is 0.0655 e. The van der Waals surface area contributed by atoms with Crippen molar-refractivity contribution in [2.75, 3.05) is 0 Å². The monoisotopic (exact) mass is 183 g/mol. The lowest BCUT2D eigenvalue weighted by atomic mass is 10.4. The van der Waals surface area contributed by atoms with E-state index >= 15 is 0 Å². The highest BCUT2D eigenvalue weighted by molar-refractivity contribution is 7.99. The van der Waals surface area contributed by atoms with Crippen molar-refractivity contribution in [1.29, 1.82) is 5.41 Å². The summed E-state index contributed by atoms with van der Waals surface area (Å²) in [6.07, 6.45) is 3.01. The molecule has 1 rings (SSSR count). The molecule has 1 aliphatic rings. The van der Waals surface area contributed by atoms with Crippen molar-refractivity contribution in [3.63, 3.8) is 0 Å². The van der Waals surface area contributed by atoms with Crippen LogP contribution in [0.2, 0.25) is 0 Å². The van der Waals surface area contributed by atoms with Crippen LogP contribution < -0.4 is 5.14 Å². The number of hydrogen-bond acceptors (Lipinski definition) is 4. The van der Waals surface area contributed by atoms with Gasteiger partial charge in [-0.05, 0) is 12.5 Å². The molecule has 3 nitrogen and oxygen atoms in total. The summed E-state index contributed by atoms with van der Waals surface area (Å²) in [4.78, 5) is 4.24. The van der Waals surface area contributed by atoms with E-state index in [9.17, 15) is 0 Å². The Morgan fingerprint density at radius 3 is 2.83 bits per heavy atom. The predicted octanol–water partition coefficient (Wildman–Crippen LogP) is 1.61. The molecule has 2 unspecified atom stereocenters. The average Bonchev–Trinajstić information content (AvgIpc) is 2.71. The van der Waals surface area contributed by atoms with E-state index in [0.29, 0.717) is 11.2 Å². The van der Waals surface area contributed by atoms with Crippen LogP contribution in [0.3, 0.4) is 0 Å². The van der Waals surface area contributed by atoms with Crippen LogP contribution in [-0.4, -0.2) is 17.2 Å². The van der Waals surface area contributed by atoms with Crippen LogP contribution in [0.5, 0.6) is 0 Å². The Kier molecular flexibility index (Phi) is 3.05. The molecule has 0 spiro atoms. The van der Waals surface area contributed by atoms with Gasteiger partial charge >= 0.3 is 0 Å². The number of nitrogens with zero attached hydrogens (tertiary/aromatic N) is 1. The van der Waals surface area contributed by atoms with Gasteiger partial charge in [-0.3, -0.25) is 10.1 Å². The Bertz CT molecular complexity index is 245. The lowest BCUT2D eigenvalue weighted by Gasteiger charge is -1.83. The van der Waals surface area contributed by atoms with E-state index in [1.54, 1.807) is 6.20 Å². The van der Waals surface area contributed by atoms with E-state index in [-0.39, 0.29) is 0 Å². The Morgan fingerprint density at radius 1 is 1.75 bits per heavy atom. The molecule has 0 aliphatic heterocycles. The third-order valence-electron chi connectivity index (χ3n) is 1.89. The molecule has 0 amide bonds. The molecule has 0 saturated heterocycles. The second kappa shape index (κ2) is 3.87. The van der Waals surface area contributed by atoms with Crippen molar-refractivity contribution in [3.05, 3.63) is 11.8 Å². The van der Waals surface area contributed by atoms with Crippen LogP contribution in [0.1, 0.15) is 13.8 Å². The largest absolute Gasteiger partial charge is 0.308 e. The molecule has 1 aliphatic carbocycles. The fourth-order valence-electron chi connectivity index (χ4n) is 0.938. The maximum absolute atomic E-state index is 6.93. The second-order valence-corrected chi connectivity index (χ2v) is 3.70. The number of aliphatic imine (C=N–C) groups is 1. The summed E-state index contributed by atoms with van der Waals surface area (Å²) in [6, 6.07) is 0. The fraction of sp³-hybridized carbons (Fsp3) is 0.500. The summed E-state index contributed by atoms with van der Waals surface area (Å²) in [5, 5.41) is 12.8. The molecule has 0 aromatic rings. The number of nitrogens with two attached hydrogens (primary N) is 1. The van der Waals surface area contributed by atoms with Crippen LogP contribution in [0.15, 0.2) is 16.8 Å². The topological polar surface area (TPSA) is 62.2 Å². The molecule has 3 N–H and O–H groups in total. The third-order valence-corrected chi connectivity index (χ3v) is 2.84. The molecule has 4 heteroatoms. The first-order chi connectivity index (χ1) is 5.70. The zero-order chi connectivity index (χ0) is 9.14. The summed E-state index contributed by atoms with van der Waals surface area (Å²) in [7, 11) is 0. The van der Waals surface area contributed by atoms with Gasteiger partial charge in [-0.2, -0.15) is 0 Å². The van der Waals surface area contributed by atoms with E-state index in [1.807, 2.05) is 6.92 Å². The number of rotatable bonds is 3. The van der Waals surface area contributed by atoms with Gasteiger partial charge in [-0.15, -0.1) is 0 Å². The lowest BCUT2D eigenvalue weighted by molar-refractivity contribution is 1.04. The quantitative estimate of drug-likeness (QED) is 0.515. The predicted molar refractivity (Wildman–Crippen MR) is 54.7 cm³/mol. The molecule has 0 bridgehead atoms. The Balaban J connectivity index is 2.56. The van der Waals surface area contributed by atoms with Crippen molar-refractivity contribution < 1.29 is 0 Å². The van der Waals surface area contributed by atoms with Gasteiger partial charge in [0.2, 0.25) is 0 Å². The van der Waals surface area contributed by atoms with Crippen LogP contribution in [-0.2, 0) is 0 Å². The van der Waals surface area contributed by atoms with Crippen LogP contribution in [0, 0.1) is 11.3 Å². The van der Waals surface area contributed by atoms with Gasteiger partial charge in [0.15, 0.2) is 0 Å². The highest BCUT2D eigenvalue weighted by atomic mass is 32.2. The summed E-state index contributed by atoms with van der Waals surface area (Å²) >= 11 is 1.35. The normalized spacial score (nSPS) is 32.2. The summed E-state index contributed by atoms with van der Waals surface area (Å²) in [6.45, 7) is 3.96. The van der Waals surface area contributed by atoms with Gasteiger partial charge in [0.1, 0.15) is 0 Å². The molecule has 0 aromatic carbocycles. The minimum absolute atomic E-state index is 0.403. The van der Waals surface area contributed by atoms with Gasteiger partial charge in [-0.1, -0.05) is 18.9 Å². The third kappa shape index (κ3) is 1.95. The van der Waals surface area contributed by atoms with Crippen molar-refractivity contribution in [2.45, 2.75) is 19.1 Å². The van der Waals surface area contributed by atoms with Gasteiger partial charge in [-0.25, -0.2) is 0 Å². The van der Waals surface area contributed by atoms with E-state index < -0.39 is 0 Å². The molecule has 0 heterocycles. The molecule has 12 heavy (non-hydrogen) atoms. The van der Waals surface area contributed by atoms with E-state index in [1.165, 1.54) is 18.2 Å². The number of nitrogens with one attached hydrogen (secondary N) is 1. The van der Waals surface area contributed by atoms with Gasteiger partial charge in [0, 0.05) is 24.0 Å². The SMILES string of the molecule is C/C(C=N)=C/N=C1/C(C)C1SN. The highest BCUT2D eigenvalue weighted by Crippen LogP contribution is 2.35. The van der Waals surface area contributed by atoms with E-state index in [0.717, 1.165) is 11.3 Å². The number of hydrogen-bond donors (Lipinski definition) is 2. The van der Waals surface area contributed by atoms with Crippen molar-refractivity contribution in [3.8, 4) is 0 Å². The molecular formula is C8H13N3S. The van der Waals surface area contributed by atoms with Crippen LogP contribution in [0.25, 0.3) is 0 Å². The summed E-state index contributed by atoms with van der Waals surface area (Å²) in [5.41, 5.74) is 2.01. The fourth-order valence-corrected chi connectivity index (χ4v) is 1.65. The molecule has 2 atom stereocenters. The van der Waals surface area contributed by atoms with E-state index in [4.69, 9.17) is 10.5 Å². The smallest absolute Gasteiger partial charge is 0.0655 e. The Morgan fingerprint density at radius 2 is 2.42 bits per heavy atom. The van der Waals surface area contributed by atoms with E-state index in [2.05, 4.69) is 11.9 Å². The standard InChI is InChI=1S/C8H13N3S/c1-5(3-9)4-11-7-6(2)8(7)12-10/h3-4,6,8-9H,10H2,1-2H3/b5-4-,9-3?,11-7-. The second-order valence-electron chi connectivity index (χ2n) is 2.92. The summed E-state index contributed by atoms with van der Waals surface area (Å²) < 4.78 is 0. The molecule has 1 fully saturated rings. The molecule has 66 valence electrons.